The summed E-state index contributed by atoms with van der Waals surface area (Å²) in [5.41, 5.74) is 7.53. The zero-order chi connectivity index (χ0) is 11.3. The third-order valence-corrected chi connectivity index (χ3v) is 2.99. The first kappa shape index (κ1) is 12.2. The molecule has 0 aromatic heterocycles. The Hall–Kier alpha value is -0.890. The normalized spacial score (nSPS) is 10.7. The van der Waals surface area contributed by atoms with Gasteiger partial charge in [-0.05, 0) is 24.1 Å². The van der Waals surface area contributed by atoms with E-state index in [1.165, 1.54) is 12.8 Å². The van der Waals surface area contributed by atoms with Crippen molar-refractivity contribution >= 4 is 23.0 Å². The SMILES string of the molecule is CCC(CC)CNc1cc(Cl)ccc1N. The van der Waals surface area contributed by atoms with Gasteiger partial charge < -0.3 is 11.1 Å². The minimum atomic E-state index is 0.698. The highest BCUT2D eigenvalue weighted by molar-refractivity contribution is 6.31. The second-order valence-corrected chi connectivity index (χ2v) is 4.23. The van der Waals surface area contributed by atoms with E-state index in [-0.39, 0.29) is 0 Å². The fourth-order valence-electron chi connectivity index (χ4n) is 1.51. The summed E-state index contributed by atoms with van der Waals surface area (Å²) >= 11 is 5.90. The first-order chi connectivity index (χ1) is 7.17. The molecule has 0 spiro atoms. The second-order valence-electron chi connectivity index (χ2n) is 3.79. The predicted molar refractivity (Wildman–Crippen MR) is 68.4 cm³/mol. The first-order valence-corrected chi connectivity index (χ1v) is 5.84. The number of rotatable bonds is 5. The molecule has 1 aromatic rings. The minimum Gasteiger partial charge on any atom is -0.397 e. The summed E-state index contributed by atoms with van der Waals surface area (Å²) in [6.45, 7) is 5.37. The largest absolute Gasteiger partial charge is 0.397 e. The number of nitrogens with two attached hydrogens (primary N) is 1. The lowest BCUT2D eigenvalue weighted by atomic mass is 10.0. The van der Waals surface area contributed by atoms with Gasteiger partial charge in [0, 0.05) is 11.6 Å². The molecule has 0 aliphatic rings. The van der Waals surface area contributed by atoms with Crippen LogP contribution in [0.1, 0.15) is 26.7 Å². The van der Waals surface area contributed by atoms with Gasteiger partial charge in [0.25, 0.3) is 0 Å². The molecule has 0 atom stereocenters. The van der Waals surface area contributed by atoms with Gasteiger partial charge in [-0.25, -0.2) is 0 Å². The third kappa shape index (κ3) is 3.63. The maximum Gasteiger partial charge on any atom is 0.0588 e. The first-order valence-electron chi connectivity index (χ1n) is 5.46. The standard InChI is InChI=1S/C12H19ClN2/c1-3-9(4-2)8-15-12-7-10(13)5-6-11(12)14/h5-7,9,15H,3-4,8,14H2,1-2H3. The van der Waals surface area contributed by atoms with E-state index >= 15 is 0 Å². The molecule has 2 nitrogen and oxygen atoms in total. The number of anilines is 2. The molecule has 15 heavy (non-hydrogen) atoms. The highest BCUT2D eigenvalue weighted by Gasteiger charge is 2.04. The van der Waals surface area contributed by atoms with E-state index in [0.717, 1.165) is 22.9 Å². The molecule has 0 aliphatic carbocycles. The van der Waals surface area contributed by atoms with Crippen molar-refractivity contribution < 1.29 is 0 Å². The molecule has 0 saturated heterocycles. The Morgan fingerprint density at radius 2 is 2.00 bits per heavy atom. The molecule has 0 amide bonds. The summed E-state index contributed by atoms with van der Waals surface area (Å²) in [7, 11) is 0. The fourth-order valence-corrected chi connectivity index (χ4v) is 1.69. The summed E-state index contributed by atoms with van der Waals surface area (Å²) in [6, 6.07) is 5.51. The lowest BCUT2D eigenvalue weighted by Crippen LogP contribution is -2.13. The Bertz CT molecular complexity index is 308. The number of nitrogen functional groups attached to an aromatic ring is 1. The molecule has 1 aromatic carbocycles. The Labute approximate surface area is 96.8 Å². The van der Waals surface area contributed by atoms with Crippen LogP contribution < -0.4 is 11.1 Å². The lowest BCUT2D eigenvalue weighted by Gasteiger charge is -2.15. The Morgan fingerprint density at radius 1 is 1.33 bits per heavy atom. The molecule has 0 unspecified atom stereocenters. The second kappa shape index (κ2) is 5.86. The van der Waals surface area contributed by atoms with Crippen molar-refractivity contribution in [3.05, 3.63) is 23.2 Å². The van der Waals surface area contributed by atoms with E-state index in [1.54, 1.807) is 6.07 Å². The molecule has 0 bridgehead atoms. The van der Waals surface area contributed by atoms with Crippen LogP contribution in [0.5, 0.6) is 0 Å². The van der Waals surface area contributed by atoms with Crippen molar-refractivity contribution in [3.63, 3.8) is 0 Å². The minimum absolute atomic E-state index is 0.698. The summed E-state index contributed by atoms with van der Waals surface area (Å²) in [5, 5.41) is 4.06. The molecule has 3 heteroatoms. The fraction of sp³-hybridized carbons (Fsp3) is 0.500. The lowest BCUT2D eigenvalue weighted by molar-refractivity contribution is 0.519. The number of halogens is 1. The number of benzene rings is 1. The average molecular weight is 227 g/mol. The van der Waals surface area contributed by atoms with Crippen LogP contribution in [0, 0.1) is 5.92 Å². The van der Waals surface area contributed by atoms with Crippen molar-refractivity contribution in [2.24, 2.45) is 5.92 Å². The van der Waals surface area contributed by atoms with Crippen LogP contribution in [0.15, 0.2) is 18.2 Å². The van der Waals surface area contributed by atoms with Crippen LogP contribution in [0.2, 0.25) is 5.02 Å². The Kier molecular flexibility index (Phi) is 4.76. The van der Waals surface area contributed by atoms with Crippen molar-refractivity contribution in [3.8, 4) is 0 Å². The van der Waals surface area contributed by atoms with Crippen molar-refractivity contribution in [2.75, 3.05) is 17.6 Å². The molecular formula is C12H19ClN2. The van der Waals surface area contributed by atoms with E-state index in [0.29, 0.717) is 5.92 Å². The van der Waals surface area contributed by atoms with Gasteiger partial charge in [0.2, 0.25) is 0 Å². The van der Waals surface area contributed by atoms with Crippen LogP contribution in [-0.2, 0) is 0 Å². The predicted octanol–water partition coefficient (Wildman–Crippen LogP) is 3.77. The van der Waals surface area contributed by atoms with Crippen LogP contribution in [0.4, 0.5) is 11.4 Å². The number of nitrogens with one attached hydrogen (secondary N) is 1. The summed E-state index contributed by atoms with van der Waals surface area (Å²) in [4.78, 5) is 0. The molecule has 0 saturated carbocycles. The molecule has 0 aliphatic heterocycles. The highest BCUT2D eigenvalue weighted by atomic mass is 35.5. The number of hydrogen-bond acceptors (Lipinski definition) is 2. The van der Waals surface area contributed by atoms with Gasteiger partial charge >= 0.3 is 0 Å². The van der Waals surface area contributed by atoms with Crippen molar-refractivity contribution in [1.29, 1.82) is 0 Å². The van der Waals surface area contributed by atoms with E-state index < -0.39 is 0 Å². The molecule has 0 heterocycles. The van der Waals surface area contributed by atoms with Crippen molar-refractivity contribution in [1.82, 2.24) is 0 Å². The molecule has 1 rings (SSSR count). The zero-order valence-corrected chi connectivity index (χ0v) is 10.1. The number of hydrogen-bond donors (Lipinski definition) is 2. The van der Waals surface area contributed by atoms with Gasteiger partial charge in [0.15, 0.2) is 0 Å². The summed E-state index contributed by atoms with van der Waals surface area (Å²) in [5.74, 6) is 0.698. The van der Waals surface area contributed by atoms with Crippen LogP contribution in [0.3, 0.4) is 0 Å². The van der Waals surface area contributed by atoms with Gasteiger partial charge in [0.1, 0.15) is 0 Å². The van der Waals surface area contributed by atoms with Gasteiger partial charge in [0.05, 0.1) is 11.4 Å². The summed E-state index contributed by atoms with van der Waals surface area (Å²) < 4.78 is 0. The molecule has 0 fully saturated rings. The van der Waals surface area contributed by atoms with E-state index in [2.05, 4.69) is 19.2 Å². The molecular weight excluding hydrogens is 208 g/mol. The molecule has 3 N–H and O–H groups in total. The Balaban J connectivity index is 2.60. The zero-order valence-electron chi connectivity index (χ0n) is 9.39. The van der Waals surface area contributed by atoms with E-state index in [4.69, 9.17) is 17.3 Å². The van der Waals surface area contributed by atoms with Gasteiger partial charge in [-0.15, -0.1) is 0 Å². The van der Waals surface area contributed by atoms with E-state index in [9.17, 15) is 0 Å². The van der Waals surface area contributed by atoms with E-state index in [1.807, 2.05) is 12.1 Å². The Morgan fingerprint density at radius 3 is 2.60 bits per heavy atom. The molecule has 0 radical (unpaired) electrons. The smallest absolute Gasteiger partial charge is 0.0588 e. The monoisotopic (exact) mass is 226 g/mol. The maximum atomic E-state index is 5.90. The quantitative estimate of drug-likeness (QED) is 0.751. The third-order valence-electron chi connectivity index (χ3n) is 2.75. The van der Waals surface area contributed by atoms with Gasteiger partial charge in [-0.1, -0.05) is 38.3 Å². The maximum absolute atomic E-state index is 5.90. The topological polar surface area (TPSA) is 38.0 Å². The molecule has 84 valence electrons. The van der Waals surface area contributed by atoms with Crippen molar-refractivity contribution in [2.45, 2.75) is 26.7 Å². The summed E-state index contributed by atoms with van der Waals surface area (Å²) in [6.07, 6.45) is 2.37. The van der Waals surface area contributed by atoms with Crippen LogP contribution in [-0.4, -0.2) is 6.54 Å². The van der Waals surface area contributed by atoms with Crippen LogP contribution >= 0.6 is 11.6 Å². The van der Waals surface area contributed by atoms with Gasteiger partial charge in [-0.2, -0.15) is 0 Å². The van der Waals surface area contributed by atoms with Crippen LogP contribution in [0.25, 0.3) is 0 Å². The highest BCUT2D eigenvalue weighted by Crippen LogP contribution is 2.23. The average Bonchev–Trinajstić information content (AvgIpc) is 2.24. The van der Waals surface area contributed by atoms with Gasteiger partial charge in [-0.3, -0.25) is 0 Å².